The van der Waals surface area contributed by atoms with E-state index in [0.29, 0.717) is 18.7 Å². The molecule has 0 aromatic heterocycles. The number of hydrogen-bond donors (Lipinski definition) is 0. The van der Waals surface area contributed by atoms with Gasteiger partial charge in [-0.2, -0.15) is 4.39 Å². The molecule has 0 N–H and O–H groups in total. The number of hydrogen-bond acceptors (Lipinski definition) is 4. The molecule has 1 aliphatic heterocycles. The van der Waals surface area contributed by atoms with Gasteiger partial charge in [0.15, 0.2) is 0 Å². The zero-order valence-corrected chi connectivity index (χ0v) is 11.3. The van der Waals surface area contributed by atoms with Crippen molar-refractivity contribution in [1.29, 1.82) is 0 Å². The molecule has 1 aromatic carbocycles. The van der Waals surface area contributed by atoms with E-state index in [1.54, 1.807) is 0 Å². The van der Waals surface area contributed by atoms with Crippen molar-refractivity contribution in [2.24, 2.45) is 0 Å². The van der Waals surface area contributed by atoms with E-state index >= 15 is 0 Å². The highest BCUT2D eigenvalue weighted by atomic mass is 19.1. The Morgan fingerprint density at radius 3 is 2.76 bits per heavy atom. The Bertz CT molecular complexity index is 574. The van der Waals surface area contributed by atoms with Crippen LogP contribution in [0.4, 0.5) is 14.5 Å². The number of halogens is 2. The van der Waals surface area contributed by atoms with Gasteiger partial charge in [-0.25, -0.2) is 4.39 Å². The molecule has 1 unspecified atom stereocenters. The Balaban J connectivity index is 2.18. The lowest BCUT2D eigenvalue weighted by atomic mass is 10.1. The molecule has 6 nitrogen and oxygen atoms in total. The van der Waals surface area contributed by atoms with Crippen LogP contribution >= 0.6 is 0 Å². The van der Waals surface area contributed by atoms with Crippen LogP contribution in [0.2, 0.25) is 0 Å². The molecule has 1 aliphatic rings. The number of nitro groups is 1. The summed E-state index contributed by atoms with van der Waals surface area (Å²) in [6.45, 7) is 0.879. The Kier molecular flexibility index (Phi) is 4.46. The van der Waals surface area contributed by atoms with Crippen molar-refractivity contribution < 1.29 is 23.2 Å². The summed E-state index contributed by atoms with van der Waals surface area (Å²) in [5.74, 6) is -3.10. The van der Waals surface area contributed by atoms with Crippen LogP contribution in [0.1, 0.15) is 23.2 Å². The molecule has 21 heavy (non-hydrogen) atoms. The van der Waals surface area contributed by atoms with Crippen LogP contribution in [0.15, 0.2) is 12.1 Å². The Morgan fingerprint density at radius 2 is 2.19 bits per heavy atom. The number of carbonyl (C=O) groups is 1. The summed E-state index contributed by atoms with van der Waals surface area (Å²) in [6.07, 6.45) is 1.58. The molecule has 1 heterocycles. The Hall–Kier alpha value is -2.09. The van der Waals surface area contributed by atoms with Crippen LogP contribution in [0, 0.1) is 21.7 Å². The van der Waals surface area contributed by atoms with Crippen molar-refractivity contribution in [1.82, 2.24) is 4.90 Å². The molecule has 1 aromatic rings. The molecule has 1 amide bonds. The maximum absolute atomic E-state index is 13.8. The van der Waals surface area contributed by atoms with Crippen molar-refractivity contribution in [3.8, 4) is 0 Å². The van der Waals surface area contributed by atoms with Crippen LogP contribution in [-0.2, 0) is 4.74 Å². The highest BCUT2D eigenvalue weighted by Crippen LogP contribution is 2.22. The summed E-state index contributed by atoms with van der Waals surface area (Å²) < 4.78 is 32.6. The maximum Gasteiger partial charge on any atom is 0.307 e. The molecule has 0 radical (unpaired) electrons. The number of carbonyl (C=O) groups excluding carboxylic acids is 1. The first kappa shape index (κ1) is 15.3. The maximum atomic E-state index is 13.8. The topological polar surface area (TPSA) is 72.7 Å². The van der Waals surface area contributed by atoms with Gasteiger partial charge in [0.25, 0.3) is 5.91 Å². The van der Waals surface area contributed by atoms with E-state index in [4.69, 9.17) is 4.74 Å². The zero-order valence-electron chi connectivity index (χ0n) is 11.3. The average Bonchev–Trinajstić information content (AvgIpc) is 2.92. The van der Waals surface area contributed by atoms with E-state index in [0.717, 1.165) is 12.8 Å². The van der Waals surface area contributed by atoms with Crippen LogP contribution in [0.3, 0.4) is 0 Å². The summed E-state index contributed by atoms with van der Waals surface area (Å²) >= 11 is 0. The number of amides is 1. The second-order valence-corrected chi connectivity index (χ2v) is 4.86. The van der Waals surface area contributed by atoms with Crippen molar-refractivity contribution in [2.75, 3.05) is 20.2 Å². The third-order valence-electron chi connectivity index (χ3n) is 3.31. The second kappa shape index (κ2) is 6.13. The molecular formula is C13H14F2N2O4. The highest BCUT2D eigenvalue weighted by molar-refractivity contribution is 5.94. The number of nitro benzene ring substituents is 1. The lowest BCUT2D eigenvalue weighted by Gasteiger charge is -2.21. The van der Waals surface area contributed by atoms with E-state index in [-0.39, 0.29) is 12.6 Å². The minimum absolute atomic E-state index is 0.120. The lowest BCUT2D eigenvalue weighted by Crippen LogP contribution is -2.34. The van der Waals surface area contributed by atoms with Gasteiger partial charge in [0.1, 0.15) is 5.82 Å². The fraction of sp³-hybridized carbons (Fsp3) is 0.462. The molecule has 8 heteroatoms. The molecule has 0 aliphatic carbocycles. The van der Waals surface area contributed by atoms with Gasteiger partial charge in [-0.15, -0.1) is 0 Å². The van der Waals surface area contributed by atoms with Crippen LogP contribution < -0.4 is 0 Å². The third-order valence-corrected chi connectivity index (χ3v) is 3.31. The largest absolute Gasteiger partial charge is 0.376 e. The van der Waals surface area contributed by atoms with Gasteiger partial charge < -0.3 is 9.64 Å². The van der Waals surface area contributed by atoms with E-state index in [1.807, 2.05) is 0 Å². The zero-order chi connectivity index (χ0) is 15.6. The first-order chi connectivity index (χ1) is 9.90. The third kappa shape index (κ3) is 3.33. The molecule has 114 valence electrons. The fourth-order valence-electron chi connectivity index (χ4n) is 2.22. The average molecular weight is 300 g/mol. The van der Waals surface area contributed by atoms with Crippen molar-refractivity contribution in [3.05, 3.63) is 39.4 Å². The fourth-order valence-corrected chi connectivity index (χ4v) is 2.22. The Labute approximate surface area is 119 Å². The summed E-state index contributed by atoms with van der Waals surface area (Å²) in [6, 6.07) is 0.976. The highest BCUT2D eigenvalue weighted by Gasteiger charge is 2.26. The molecule has 1 saturated heterocycles. The molecule has 1 atom stereocenters. The van der Waals surface area contributed by atoms with E-state index < -0.39 is 33.7 Å². The van der Waals surface area contributed by atoms with Gasteiger partial charge >= 0.3 is 5.69 Å². The minimum atomic E-state index is -1.24. The van der Waals surface area contributed by atoms with E-state index in [2.05, 4.69) is 0 Å². The van der Waals surface area contributed by atoms with Crippen molar-refractivity contribution in [2.45, 2.75) is 18.9 Å². The summed E-state index contributed by atoms with van der Waals surface area (Å²) in [5.41, 5.74) is -1.52. The van der Waals surface area contributed by atoms with Gasteiger partial charge in [-0.05, 0) is 18.9 Å². The van der Waals surface area contributed by atoms with Gasteiger partial charge in [0.2, 0.25) is 5.82 Å². The molecular weight excluding hydrogens is 286 g/mol. The van der Waals surface area contributed by atoms with Gasteiger partial charge in [0, 0.05) is 20.2 Å². The predicted molar refractivity (Wildman–Crippen MR) is 68.9 cm³/mol. The molecule has 0 spiro atoms. The quantitative estimate of drug-likeness (QED) is 0.630. The summed E-state index contributed by atoms with van der Waals surface area (Å²) in [5, 5.41) is 10.5. The number of likely N-dealkylation sites (N-methyl/N-ethyl adjacent to an activating group) is 1. The minimum Gasteiger partial charge on any atom is -0.376 e. The van der Waals surface area contributed by atoms with Crippen LogP contribution in [0.25, 0.3) is 0 Å². The first-order valence-electron chi connectivity index (χ1n) is 6.40. The molecule has 0 bridgehead atoms. The normalized spacial score (nSPS) is 17.8. The van der Waals surface area contributed by atoms with Crippen LogP contribution in [0.5, 0.6) is 0 Å². The number of ether oxygens (including phenoxy) is 1. The lowest BCUT2D eigenvalue weighted by molar-refractivity contribution is -0.387. The second-order valence-electron chi connectivity index (χ2n) is 4.86. The van der Waals surface area contributed by atoms with Crippen LogP contribution in [-0.4, -0.2) is 42.0 Å². The summed E-state index contributed by atoms with van der Waals surface area (Å²) in [7, 11) is 1.45. The van der Waals surface area contributed by atoms with Crippen molar-refractivity contribution >= 4 is 11.6 Å². The van der Waals surface area contributed by atoms with Gasteiger partial charge in [-0.3, -0.25) is 14.9 Å². The van der Waals surface area contributed by atoms with E-state index in [1.165, 1.54) is 11.9 Å². The van der Waals surface area contributed by atoms with E-state index in [9.17, 15) is 23.7 Å². The van der Waals surface area contributed by atoms with Crippen molar-refractivity contribution in [3.63, 3.8) is 0 Å². The molecule has 2 rings (SSSR count). The summed E-state index contributed by atoms with van der Waals surface area (Å²) in [4.78, 5) is 22.8. The van der Waals surface area contributed by atoms with Gasteiger partial charge in [0.05, 0.1) is 22.7 Å². The standard InChI is InChI=1S/C13H14F2N2O4/c1-16(7-8-3-2-4-21-8)13(18)9-5-11(15)12(17(19)20)6-10(9)14/h5-6,8H,2-4,7H2,1H3. The molecule has 0 saturated carbocycles. The van der Waals surface area contributed by atoms with Gasteiger partial charge in [-0.1, -0.05) is 0 Å². The first-order valence-corrected chi connectivity index (χ1v) is 6.40. The number of rotatable bonds is 4. The monoisotopic (exact) mass is 300 g/mol. The SMILES string of the molecule is CN(CC1CCCO1)C(=O)c1cc(F)c([N+](=O)[O-])cc1F. The Morgan fingerprint density at radius 1 is 1.48 bits per heavy atom. The number of nitrogens with zero attached hydrogens (tertiary/aromatic N) is 2. The smallest absolute Gasteiger partial charge is 0.307 e. The number of benzene rings is 1. The predicted octanol–water partition coefficient (Wildman–Crippen LogP) is 2.12. The molecule has 1 fully saturated rings.